The Balaban J connectivity index is 3.07. The molecule has 0 fully saturated rings. The summed E-state index contributed by atoms with van der Waals surface area (Å²) in [4.78, 5) is 11.3. The lowest BCUT2D eigenvalue weighted by Crippen LogP contribution is -2.43. The Morgan fingerprint density at radius 1 is 1.48 bits per heavy atom. The van der Waals surface area contributed by atoms with E-state index in [2.05, 4.69) is 21.9 Å². The van der Waals surface area contributed by atoms with Crippen LogP contribution in [0, 0.1) is 11.8 Å². The van der Waals surface area contributed by atoms with Crippen molar-refractivity contribution in [3.8, 4) is 11.8 Å². The Hall–Kier alpha value is -1.59. The number of hydrogen-bond acceptors (Lipinski definition) is 4. The summed E-state index contributed by atoms with van der Waals surface area (Å²) in [5.74, 6) is 4.95. The topological polar surface area (TPSA) is 101 Å². The SMILES string of the molecule is CNC(=O)C(C)NS(=O)(=O)c1ccc(C#CCN)cc1Cl. The number of carbonyl (C=O) groups excluding carboxylic acids is 1. The molecule has 21 heavy (non-hydrogen) atoms. The molecule has 0 heterocycles. The zero-order chi connectivity index (χ0) is 16.0. The Morgan fingerprint density at radius 3 is 2.67 bits per heavy atom. The Bertz CT molecular complexity index is 692. The summed E-state index contributed by atoms with van der Waals surface area (Å²) < 4.78 is 26.6. The van der Waals surface area contributed by atoms with Crippen LogP contribution in [-0.2, 0) is 14.8 Å². The lowest BCUT2D eigenvalue weighted by atomic mass is 10.2. The van der Waals surface area contributed by atoms with Crippen LogP contribution in [0.3, 0.4) is 0 Å². The van der Waals surface area contributed by atoms with Gasteiger partial charge < -0.3 is 11.1 Å². The van der Waals surface area contributed by atoms with Crippen molar-refractivity contribution in [1.29, 1.82) is 0 Å². The van der Waals surface area contributed by atoms with Gasteiger partial charge in [0, 0.05) is 12.6 Å². The molecule has 0 radical (unpaired) electrons. The summed E-state index contributed by atoms with van der Waals surface area (Å²) >= 11 is 5.97. The maximum absolute atomic E-state index is 12.2. The van der Waals surface area contributed by atoms with Gasteiger partial charge in [-0.25, -0.2) is 8.42 Å². The highest BCUT2D eigenvalue weighted by Crippen LogP contribution is 2.22. The summed E-state index contributed by atoms with van der Waals surface area (Å²) in [6.07, 6.45) is 0. The molecule has 1 unspecified atom stereocenters. The molecule has 114 valence electrons. The molecule has 0 aromatic heterocycles. The minimum Gasteiger partial charge on any atom is -0.358 e. The van der Waals surface area contributed by atoms with Crippen LogP contribution < -0.4 is 15.8 Å². The molecule has 6 nitrogen and oxygen atoms in total. The number of sulfonamides is 1. The molecule has 1 amide bonds. The fourth-order valence-corrected chi connectivity index (χ4v) is 3.26. The highest BCUT2D eigenvalue weighted by Gasteiger charge is 2.23. The minimum absolute atomic E-state index is 0.0235. The molecule has 0 saturated carbocycles. The van der Waals surface area contributed by atoms with Crippen molar-refractivity contribution >= 4 is 27.5 Å². The first-order chi connectivity index (χ1) is 9.81. The van der Waals surface area contributed by atoms with Gasteiger partial charge in [0.05, 0.1) is 17.6 Å². The second-order valence-corrected chi connectivity index (χ2v) is 6.20. The van der Waals surface area contributed by atoms with E-state index in [1.807, 2.05) is 0 Å². The minimum atomic E-state index is -3.90. The smallest absolute Gasteiger partial charge is 0.242 e. The molecule has 8 heteroatoms. The standard InChI is InChI=1S/C13H16ClN3O3S/c1-9(13(18)16-2)17-21(19,20)12-6-5-10(4-3-7-15)8-11(12)14/h5-6,8-9,17H,7,15H2,1-2H3,(H,16,18). The fraction of sp³-hybridized carbons (Fsp3) is 0.308. The monoisotopic (exact) mass is 329 g/mol. The zero-order valence-corrected chi connectivity index (χ0v) is 13.2. The number of amides is 1. The maximum Gasteiger partial charge on any atom is 0.242 e. The molecule has 0 aliphatic heterocycles. The first-order valence-corrected chi connectivity index (χ1v) is 7.90. The molecule has 0 bridgehead atoms. The average molecular weight is 330 g/mol. The van der Waals surface area contributed by atoms with Crippen molar-refractivity contribution < 1.29 is 13.2 Å². The zero-order valence-electron chi connectivity index (χ0n) is 11.6. The molecular formula is C13H16ClN3O3S. The van der Waals surface area contributed by atoms with Crippen molar-refractivity contribution in [3.05, 3.63) is 28.8 Å². The quantitative estimate of drug-likeness (QED) is 0.680. The van der Waals surface area contributed by atoms with Crippen LogP contribution in [0.1, 0.15) is 12.5 Å². The second kappa shape index (κ2) is 7.43. The van der Waals surface area contributed by atoms with E-state index in [0.717, 1.165) is 0 Å². The highest BCUT2D eigenvalue weighted by molar-refractivity contribution is 7.89. The first kappa shape index (κ1) is 17.5. The summed E-state index contributed by atoms with van der Waals surface area (Å²) in [6.45, 7) is 1.63. The average Bonchev–Trinajstić information content (AvgIpc) is 2.43. The van der Waals surface area contributed by atoms with E-state index >= 15 is 0 Å². The first-order valence-electron chi connectivity index (χ1n) is 6.04. The summed E-state index contributed by atoms with van der Waals surface area (Å²) in [5.41, 5.74) is 5.82. The van der Waals surface area contributed by atoms with Crippen molar-refractivity contribution in [1.82, 2.24) is 10.0 Å². The third-order valence-corrected chi connectivity index (χ3v) is 4.55. The Morgan fingerprint density at radius 2 is 2.14 bits per heavy atom. The van der Waals surface area contributed by atoms with Gasteiger partial charge in [-0.2, -0.15) is 4.72 Å². The Labute approximate surface area is 129 Å². The molecule has 1 aromatic rings. The molecule has 0 aliphatic rings. The highest BCUT2D eigenvalue weighted by atomic mass is 35.5. The lowest BCUT2D eigenvalue weighted by molar-refractivity contribution is -0.121. The van der Waals surface area contributed by atoms with Gasteiger partial charge in [0.25, 0.3) is 0 Å². The van der Waals surface area contributed by atoms with E-state index in [1.165, 1.54) is 32.2 Å². The van der Waals surface area contributed by atoms with Crippen LogP contribution in [0.25, 0.3) is 0 Å². The molecule has 0 saturated heterocycles. The van der Waals surface area contributed by atoms with Crippen molar-refractivity contribution in [2.24, 2.45) is 5.73 Å². The Kier molecular flexibility index (Phi) is 6.18. The van der Waals surface area contributed by atoms with Gasteiger partial charge in [0.1, 0.15) is 4.90 Å². The van der Waals surface area contributed by atoms with E-state index < -0.39 is 22.0 Å². The summed E-state index contributed by atoms with van der Waals surface area (Å²) in [7, 11) is -2.48. The van der Waals surface area contributed by atoms with Gasteiger partial charge >= 0.3 is 0 Å². The second-order valence-electron chi connectivity index (χ2n) is 4.11. The molecule has 1 rings (SSSR count). The predicted molar refractivity (Wildman–Crippen MR) is 81.2 cm³/mol. The molecule has 1 atom stereocenters. The van der Waals surface area contributed by atoms with Crippen LogP contribution in [0.5, 0.6) is 0 Å². The van der Waals surface area contributed by atoms with Gasteiger partial charge in [0.15, 0.2) is 0 Å². The fourth-order valence-electron chi connectivity index (χ4n) is 1.52. The largest absolute Gasteiger partial charge is 0.358 e. The van der Waals surface area contributed by atoms with E-state index in [9.17, 15) is 13.2 Å². The third-order valence-electron chi connectivity index (χ3n) is 2.53. The van der Waals surface area contributed by atoms with Gasteiger partial charge in [-0.15, -0.1) is 0 Å². The van der Waals surface area contributed by atoms with Crippen molar-refractivity contribution in [2.75, 3.05) is 13.6 Å². The lowest BCUT2D eigenvalue weighted by Gasteiger charge is -2.13. The van der Waals surface area contributed by atoms with Gasteiger partial charge in [-0.3, -0.25) is 4.79 Å². The maximum atomic E-state index is 12.2. The molecule has 0 spiro atoms. The number of rotatable bonds is 4. The molecule has 0 aliphatic carbocycles. The van der Waals surface area contributed by atoms with Crippen LogP contribution in [0.4, 0.5) is 0 Å². The summed E-state index contributed by atoms with van der Waals surface area (Å²) in [5, 5.41) is 2.38. The molecule has 4 N–H and O–H groups in total. The number of halogens is 1. The van der Waals surface area contributed by atoms with Gasteiger partial charge in [-0.1, -0.05) is 23.4 Å². The van der Waals surface area contributed by atoms with Gasteiger partial charge in [-0.05, 0) is 25.1 Å². The van der Waals surface area contributed by atoms with Crippen LogP contribution >= 0.6 is 11.6 Å². The summed E-state index contributed by atoms with van der Waals surface area (Å²) in [6, 6.07) is 3.38. The van der Waals surface area contributed by atoms with Crippen molar-refractivity contribution in [2.45, 2.75) is 17.9 Å². The predicted octanol–water partition coefficient (Wildman–Crippen LogP) is 0.0630. The van der Waals surface area contributed by atoms with E-state index in [1.54, 1.807) is 0 Å². The third kappa shape index (κ3) is 4.72. The molecule has 1 aromatic carbocycles. The van der Waals surface area contributed by atoms with Crippen LogP contribution in [-0.4, -0.2) is 34.0 Å². The normalized spacial score (nSPS) is 12.2. The number of nitrogens with two attached hydrogens (primary N) is 1. The molecular weight excluding hydrogens is 314 g/mol. The van der Waals surface area contributed by atoms with E-state index in [4.69, 9.17) is 17.3 Å². The number of likely N-dealkylation sites (N-methyl/N-ethyl adjacent to an activating group) is 1. The van der Waals surface area contributed by atoms with E-state index in [-0.39, 0.29) is 16.5 Å². The van der Waals surface area contributed by atoms with Crippen molar-refractivity contribution in [3.63, 3.8) is 0 Å². The van der Waals surface area contributed by atoms with Crippen LogP contribution in [0.15, 0.2) is 23.1 Å². The number of nitrogens with one attached hydrogen (secondary N) is 2. The van der Waals surface area contributed by atoms with E-state index in [0.29, 0.717) is 5.56 Å². The number of hydrogen-bond donors (Lipinski definition) is 3. The van der Waals surface area contributed by atoms with Gasteiger partial charge in [0.2, 0.25) is 15.9 Å². The number of carbonyl (C=O) groups is 1. The number of benzene rings is 1. The van der Waals surface area contributed by atoms with Crippen LogP contribution in [0.2, 0.25) is 5.02 Å².